The number of rotatable bonds is 8. The molecule has 0 aliphatic heterocycles. The van der Waals surface area contributed by atoms with Gasteiger partial charge in [0, 0.05) is 33.9 Å². The maximum absolute atomic E-state index is 2.51. The SMILES string of the molecule is c1ccc(-c2ccccc2N(c2ccc3c(c2)C2(c4ccccc4-3)c3ccccc3-c3ccc(N(c4ccccc4)c4ccc5ccccc5c4-c4ccccc4)cc32)c2ccc3ccccc3c2)cc1. The third-order valence-corrected chi connectivity index (χ3v) is 15.0. The molecule has 0 N–H and O–H groups in total. The Morgan fingerprint density at radius 3 is 1.35 bits per heavy atom. The number of hydrogen-bond donors (Lipinski definition) is 0. The summed E-state index contributed by atoms with van der Waals surface area (Å²) < 4.78 is 0. The van der Waals surface area contributed by atoms with Crippen molar-refractivity contribution in [3.05, 3.63) is 301 Å². The van der Waals surface area contributed by atoms with Gasteiger partial charge in [-0.3, -0.25) is 0 Å². The highest BCUT2D eigenvalue weighted by Crippen LogP contribution is 2.64. The Balaban J connectivity index is 1.04. The molecular formula is C69H46N2. The molecule has 2 aliphatic carbocycles. The quantitative estimate of drug-likeness (QED) is 0.150. The van der Waals surface area contributed by atoms with E-state index < -0.39 is 5.41 Å². The summed E-state index contributed by atoms with van der Waals surface area (Å²) in [5.74, 6) is 0. The van der Waals surface area contributed by atoms with E-state index >= 15 is 0 Å². The molecule has 0 amide bonds. The second-order valence-electron chi connectivity index (χ2n) is 18.8. The average Bonchev–Trinajstić information content (AvgIpc) is 3.91. The fraction of sp³-hybridized carbons (Fsp3) is 0.0145. The van der Waals surface area contributed by atoms with E-state index in [1.165, 1.54) is 88.3 Å². The molecule has 12 aromatic carbocycles. The molecule has 12 aromatic rings. The molecule has 2 aliphatic rings. The number of nitrogens with zero attached hydrogens (tertiary/aromatic N) is 2. The van der Waals surface area contributed by atoms with E-state index in [1.54, 1.807) is 0 Å². The molecule has 0 aromatic heterocycles. The van der Waals surface area contributed by atoms with Crippen LogP contribution in [0, 0.1) is 0 Å². The van der Waals surface area contributed by atoms with Gasteiger partial charge >= 0.3 is 0 Å². The number of hydrogen-bond acceptors (Lipinski definition) is 2. The first-order chi connectivity index (χ1) is 35.2. The highest BCUT2D eigenvalue weighted by molar-refractivity contribution is 6.06. The van der Waals surface area contributed by atoms with Crippen molar-refractivity contribution in [2.75, 3.05) is 9.80 Å². The van der Waals surface area contributed by atoms with Gasteiger partial charge in [0.2, 0.25) is 0 Å². The first kappa shape index (κ1) is 40.8. The molecule has 2 nitrogen and oxygen atoms in total. The fourth-order valence-electron chi connectivity index (χ4n) is 12.0. The van der Waals surface area contributed by atoms with Gasteiger partial charge in [-0.1, -0.05) is 218 Å². The van der Waals surface area contributed by atoms with Crippen LogP contribution in [-0.4, -0.2) is 0 Å². The van der Waals surface area contributed by atoms with Crippen LogP contribution in [0.4, 0.5) is 34.1 Å². The first-order valence-electron chi connectivity index (χ1n) is 24.6. The van der Waals surface area contributed by atoms with Crippen molar-refractivity contribution in [1.29, 1.82) is 0 Å². The molecule has 0 saturated heterocycles. The van der Waals surface area contributed by atoms with Crippen LogP contribution in [0.1, 0.15) is 22.3 Å². The van der Waals surface area contributed by atoms with Crippen LogP contribution in [0.2, 0.25) is 0 Å². The van der Waals surface area contributed by atoms with Crippen LogP contribution in [0.15, 0.2) is 279 Å². The molecule has 0 fully saturated rings. The second-order valence-corrected chi connectivity index (χ2v) is 18.8. The Morgan fingerprint density at radius 2 is 0.690 bits per heavy atom. The number of fused-ring (bicyclic) bond motifs is 12. The third kappa shape index (κ3) is 6.35. The summed E-state index contributed by atoms with van der Waals surface area (Å²) in [6, 6.07) is 103. The van der Waals surface area contributed by atoms with E-state index in [-0.39, 0.29) is 0 Å². The second kappa shape index (κ2) is 16.5. The Morgan fingerprint density at radius 1 is 0.239 bits per heavy atom. The van der Waals surface area contributed by atoms with E-state index in [0.29, 0.717) is 0 Å². The van der Waals surface area contributed by atoms with E-state index in [2.05, 4.69) is 289 Å². The largest absolute Gasteiger partial charge is 0.310 e. The lowest BCUT2D eigenvalue weighted by Crippen LogP contribution is -2.26. The molecule has 0 saturated carbocycles. The average molecular weight is 903 g/mol. The Kier molecular flexibility index (Phi) is 9.47. The summed E-state index contributed by atoms with van der Waals surface area (Å²) in [5.41, 5.74) is 21.0. The van der Waals surface area contributed by atoms with Crippen molar-refractivity contribution in [2.45, 2.75) is 5.41 Å². The summed E-state index contributed by atoms with van der Waals surface area (Å²) in [7, 11) is 0. The summed E-state index contributed by atoms with van der Waals surface area (Å²) in [5, 5.41) is 4.85. The van der Waals surface area contributed by atoms with Crippen LogP contribution in [0.25, 0.3) is 66.1 Å². The van der Waals surface area contributed by atoms with Crippen molar-refractivity contribution in [3.63, 3.8) is 0 Å². The molecule has 2 heteroatoms. The number of benzene rings is 12. The molecular weight excluding hydrogens is 857 g/mol. The molecule has 1 unspecified atom stereocenters. The van der Waals surface area contributed by atoms with Crippen LogP contribution in [0.5, 0.6) is 0 Å². The van der Waals surface area contributed by atoms with Gasteiger partial charge in [0.1, 0.15) is 0 Å². The Labute approximate surface area is 414 Å². The van der Waals surface area contributed by atoms with Crippen LogP contribution in [0.3, 0.4) is 0 Å². The van der Waals surface area contributed by atoms with Gasteiger partial charge in [0.05, 0.1) is 16.8 Å². The minimum absolute atomic E-state index is 0.619. The fourth-order valence-corrected chi connectivity index (χ4v) is 12.0. The minimum Gasteiger partial charge on any atom is -0.310 e. The third-order valence-electron chi connectivity index (χ3n) is 15.0. The first-order valence-corrected chi connectivity index (χ1v) is 24.6. The summed E-state index contributed by atoms with van der Waals surface area (Å²) in [6.45, 7) is 0. The van der Waals surface area contributed by atoms with Gasteiger partial charge in [-0.2, -0.15) is 0 Å². The normalized spacial score (nSPS) is 14.0. The zero-order valence-electron chi connectivity index (χ0n) is 39.0. The number of anilines is 6. The van der Waals surface area contributed by atoms with Crippen molar-refractivity contribution in [3.8, 4) is 44.5 Å². The van der Waals surface area contributed by atoms with E-state index in [4.69, 9.17) is 0 Å². The molecule has 1 spiro atoms. The zero-order chi connectivity index (χ0) is 46.9. The van der Waals surface area contributed by atoms with E-state index in [9.17, 15) is 0 Å². The van der Waals surface area contributed by atoms with Crippen molar-refractivity contribution >= 4 is 55.7 Å². The lowest BCUT2D eigenvalue weighted by Gasteiger charge is -2.34. The molecule has 332 valence electrons. The predicted octanol–water partition coefficient (Wildman–Crippen LogP) is 18.6. The molecule has 14 rings (SSSR count). The highest BCUT2D eigenvalue weighted by Gasteiger charge is 2.52. The highest BCUT2D eigenvalue weighted by atomic mass is 15.2. The maximum atomic E-state index is 2.51. The Hall–Kier alpha value is -9.24. The topological polar surface area (TPSA) is 6.48 Å². The Bertz CT molecular complexity index is 3910. The predicted molar refractivity (Wildman–Crippen MR) is 298 cm³/mol. The monoisotopic (exact) mass is 902 g/mol. The zero-order valence-corrected chi connectivity index (χ0v) is 39.0. The minimum atomic E-state index is -0.619. The summed E-state index contributed by atoms with van der Waals surface area (Å²) >= 11 is 0. The smallest absolute Gasteiger partial charge is 0.0727 e. The lowest BCUT2D eigenvalue weighted by molar-refractivity contribution is 0.793. The van der Waals surface area contributed by atoms with Crippen LogP contribution in [-0.2, 0) is 5.41 Å². The standard InChI is InChI=1S/C69H46N2/c1-4-21-48(22-5-1)56-29-16-19-35-66(56)71(53-38-36-47-20-10-11-26-51(47)44-53)55-40-42-61-59-32-15-18-34-63(59)69(65(61)46-55)62-33-17-14-31-58(62)60-41-39-54(45-64(60)69)70(52-27-8-3-9-28-52)67-43-37-49-23-12-13-30-57(49)68(67)50-24-6-2-7-25-50/h1-46H. The molecule has 0 radical (unpaired) electrons. The van der Waals surface area contributed by atoms with Gasteiger partial charge < -0.3 is 9.80 Å². The molecule has 0 bridgehead atoms. The molecule has 0 heterocycles. The lowest BCUT2D eigenvalue weighted by atomic mass is 9.70. The van der Waals surface area contributed by atoms with Crippen molar-refractivity contribution in [1.82, 2.24) is 0 Å². The van der Waals surface area contributed by atoms with E-state index in [1.807, 2.05) is 0 Å². The van der Waals surface area contributed by atoms with Gasteiger partial charge in [-0.05, 0) is 138 Å². The van der Waals surface area contributed by atoms with Crippen molar-refractivity contribution < 1.29 is 0 Å². The molecule has 1 atom stereocenters. The van der Waals surface area contributed by atoms with Gasteiger partial charge in [-0.15, -0.1) is 0 Å². The molecule has 71 heavy (non-hydrogen) atoms. The van der Waals surface area contributed by atoms with E-state index in [0.717, 1.165) is 34.1 Å². The summed E-state index contributed by atoms with van der Waals surface area (Å²) in [4.78, 5) is 4.96. The maximum Gasteiger partial charge on any atom is 0.0727 e. The summed E-state index contributed by atoms with van der Waals surface area (Å²) in [6.07, 6.45) is 0. The van der Waals surface area contributed by atoms with Crippen LogP contribution < -0.4 is 9.80 Å². The van der Waals surface area contributed by atoms with Crippen LogP contribution >= 0.6 is 0 Å². The number of para-hydroxylation sites is 2. The van der Waals surface area contributed by atoms with Crippen molar-refractivity contribution in [2.24, 2.45) is 0 Å². The van der Waals surface area contributed by atoms with Gasteiger partial charge in [-0.25, -0.2) is 0 Å². The van der Waals surface area contributed by atoms with Gasteiger partial charge in [0.25, 0.3) is 0 Å². The van der Waals surface area contributed by atoms with Gasteiger partial charge in [0.15, 0.2) is 0 Å².